The molecule has 5 nitrogen and oxygen atoms in total. The molecule has 0 aromatic heterocycles. The van der Waals surface area contributed by atoms with Gasteiger partial charge in [-0.05, 0) is 26.2 Å². The van der Waals surface area contributed by atoms with E-state index in [9.17, 15) is 14.7 Å². The molecule has 20 heavy (non-hydrogen) atoms. The zero-order chi connectivity index (χ0) is 15.7. The number of carbonyl (C=O) groups is 2. The van der Waals surface area contributed by atoms with Crippen LogP contribution < -0.4 is 0 Å². The van der Waals surface area contributed by atoms with E-state index in [0.29, 0.717) is 0 Å². The molecule has 0 unspecified atom stereocenters. The number of rotatable bonds is 2. The lowest BCUT2D eigenvalue weighted by Gasteiger charge is -2.35. The van der Waals surface area contributed by atoms with Gasteiger partial charge in [-0.25, -0.2) is 0 Å². The number of aliphatic hydroxyl groups excluding tert-OH is 1. The van der Waals surface area contributed by atoms with Gasteiger partial charge in [-0.1, -0.05) is 13.8 Å². The van der Waals surface area contributed by atoms with E-state index in [1.54, 1.807) is 13.8 Å². The van der Waals surface area contributed by atoms with Gasteiger partial charge >= 0.3 is 5.97 Å². The van der Waals surface area contributed by atoms with Crippen LogP contribution in [0.15, 0.2) is 16.3 Å². The number of allylic oxidation sites excluding steroid dienone is 1. The summed E-state index contributed by atoms with van der Waals surface area (Å²) in [5.41, 5.74) is -0.927. The number of carbonyl (C=O) groups excluding carboxylic acids is 2. The predicted molar refractivity (Wildman–Crippen MR) is 76.8 cm³/mol. The molecule has 112 valence electrons. The molecular formula is C15H23NO4. The summed E-state index contributed by atoms with van der Waals surface area (Å²) in [5, 5.41) is 10.3. The molecule has 1 N–H and O–H groups in total. The van der Waals surface area contributed by atoms with Crippen molar-refractivity contribution in [2.45, 2.75) is 46.6 Å². The second-order valence-electron chi connectivity index (χ2n) is 6.77. The van der Waals surface area contributed by atoms with Gasteiger partial charge in [0.1, 0.15) is 11.7 Å². The lowest BCUT2D eigenvalue weighted by atomic mass is 9.68. The van der Waals surface area contributed by atoms with Crippen LogP contribution in [0.1, 0.15) is 41.0 Å². The van der Waals surface area contributed by atoms with Gasteiger partial charge in [-0.2, -0.15) is 0 Å². The number of Topliss-reactive ketones (excluding diaryl/α,β-unsaturated/α-hetero) is 1. The molecule has 0 saturated carbocycles. The number of ether oxygens (including phenoxy) is 1. The normalized spacial score (nSPS) is 23.3. The highest BCUT2D eigenvalue weighted by molar-refractivity contribution is 6.15. The number of hydrogen-bond acceptors (Lipinski definition) is 5. The van der Waals surface area contributed by atoms with E-state index in [1.807, 2.05) is 20.8 Å². The summed E-state index contributed by atoms with van der Waals surface area (Å²) < 4.78 is 4.74. The van der Waals surface area contributed by atoms with Crippen molar-refractivity contribution < 1.29 is 19.4 Å². The molecule has 5 heteroatoms. The average Bonchev–Trinajstić information content (AvgIpc) is 2.24. The molecule has 0 bridgehead atoms. The zero-order valence-corrected chi connectivity index (χ0v) is 13.0. The van der Waals surface area contributed by atoms with Crippen molar-refractivity contribution in [2.75, 3.05) is 7.11 Å². The first-order chi connectivity index (χ1) is 8.99. The molecule has 0 fully saturated rings. The monoisotopic (exact) mass is 281 g/mol. The molecule has 1 aliphatic rings. The number of aliphatic hydroxyl groups is 1. The van der Waals surface area contributed by atoms with Gasteiger partial charge in [0.25, 0.3) is 0 Å². The molecule has 0 aliphatic heterocycles. The predicted octanol–water partition coefficient (Wildman–Crippen LogP) is 2.46. The fourth-order valence-corrected chi connectivity index (χ4v) is 2.22. The van der Waals surface area contributed by atoms with Gasteiger partial charge in [0.15, 0.2) is 5.78 Å². The lowest BCUT2D eigenvalue weighted by molar-refractivity contribution is -0.150. The molecule has 0 spiro atoms. The summed E-state index contributed by atoms with van der Waals surface area (Å²) in [4.78, 5) is 28.2. The van der Waals surface area contributed by atoms with Crippen LogP contribution in [0.4, 0.5) is 0 Å². The van der Waals surface area contributed by atoms with Gasteiger partial charge in [0.2, 0.25) is 0 Å². The summed E-state index contributed by atoms with van der Waals surface area (Å²) in [5.74, 6) is -1.83. The van der Waals surface area contributed by atoms with Crippen molar-refractivity contribution >= 4 is 18.0 Å². The maximum Gasteiger partial charge on any atom is 0.316 e. The minimum Gasteiger partial charge on any atom is -0.511 e. The van der Waals surface area contributed by atoms with E-state index >= 15 is 0 Å². The summed E-state index contributed by atoms with van der Waals surface area (Å²) >= 11 is 0. The summed E-state index contributed by atoms with van der Waals surface area (Å²) in [6.07, 6.45) is 1.53. The Bertz CT molecular complexity index is 481. The number of ketones is 1. The molecule has 1 atom stereocenters. The van der Waals surface area contributed by atoms with Crippen molar-refractivity contribution in [1.29, 1.82) is 0 Å². The van der Waals surface area contributed by atoms with Gasteiger partial charge in [-0.3, -0.25) is 14.6 Å². The second kappa shape index (κ2) is 5.38. The molecule has 0 radical (unpaired) electrons. The van der Waals surface area contributed by atoms with Crippen molar-refractivity contribution in [1.82, 2.24) is 0 Å². The van der Waals surface area contributed by atoms with Crippen molar-refractivity contribution in [3.8, 4) is 0 Å². The van der Waals surface area contributed by atoms with Crippen molar-refractivity contribution in [2.24, 2.45) is 16.3 Å². The topological polar surface area (TPSA) is 76.0 Å². The van der Waals surface area contributed by atoms with E-state index in [0.717, 1.165) is 0 Å². The van der Waals surface area contributed by atoms with Crippen LogP contribution in [0.2, 0.25) is 0 Å². The first-order valence-corrected chi connectivity index (χ1v) is 6.59. The molecule has 0 aromatic carbocycles. The fourth-order valence-electron chi connectivity index (χ4n) is 2.22. The Balaban J connectivity index is 3.30. The van der Waals surface area contributed by atoms with Crippen LogP contribution in [-0.2, 0) is 14.3 Å². The molecular weight excluding hydrogens is 258 g/mol. The third kappa shape index (κ3) is 3.46. The number of aliphatic imine (C=N–C) groups is 1. The van der Waals surface area contributed by atoms with Crippen LogP contribution in [0.25, 0.3) is 0 Å². The van der Waals surface area contributed by atoms with E-state index in [4.69, 9.17) is 4.74 Å². The van der Waals surface area contributed by atoms with Gasteiger partial charge < -0.3 is 9.84 Å². The van der Waals surface area contributed by atoms with Crippen LogP contribution in [-0.4, -0.2) is 35.7 Å². The van der Waals surface area contributed by atoms with Gasteiger partial charge in [-0.15, -0.1) is 0 Å². The Morgan fingerprint density at radius 3 is 2.45 bits per heavy atom. The first kappa shape index (κ1) is 16.4. The Labute approximate surface area is 119 Å². The SMILES string of the molecule is COC(=O)[C@H]1C(O)=C(C=NC(C)(C)C)C(=O)CC1(C)C. The Morgan fingerprint density at radius 1 is 1.45 bits per heavy atom. The summed E-state index contributed by atoms with van der Waals surface area (Å²) in [7, 11) is 1.27. The third-order valence-corrected chi connectivity index (χ3v) is 3.27. The van der Waals surface area contributed by atoms with Crippen LogP contribution >= 0.6 is 0 Å². The van der Waals surface area contributed by atoms with E-state index in [1.165, 1.54) is 13.3 Å². The van der Waals surface area contributed by atoms with Crippen molar-refractivity contribution in [3.05, 3.63) is 11.3 Å². The van der Waals surface area contributed by atoms with Gasteiger partial charge in [0, 0.05) is 12.6 Å². The Kier molecular flexibility index (Phi) is 4.42. The average molecular weight is 281 g/mol. The number of hydrogen-bond donors (Lipinski definition) is 1. The summed E-state index contributed by atoms with van der Waals surface area (Å²) in [6, 6.07) is 0. The highest BCUT2D eigenvalue weighted by Gasteiger charge is 2.46. The standard InChI is InChI=1S/C15H23NO4/c1-14(2,3)16-8-9-10(17)7-15(4,5)11(12(9)18)13(19)20-6/h8,11,18H,7H2,1-6H3/t11-/m1/s1. The zero-order valence-electron chi connectivity index (χ0n) is 13.0. The second-order valence-corrected chi connectivity index (χ2v) is 6.77. The smallest absolute Gasteiger partial charge is 0.316 e. The lowest BCUT2D eigenvalue weighted by Crippen LogP contribution is -2.40. The van der Waals surface area contributed by atoms with Gasteiger partial charge in [0.05, 0.1) is 18.2 Å². The molecule has 0 saturated heterocycles. The largest absolute Gasteiger partial charge is 0.511 e. The number of methoxy groups -OCH3 is 1. The summed E-state index contributed by atoms with van der Waals surface area (Å²) in [6.45, 7) is 9.18. The highest BCUT2D eigenvalue weighted by atomic mass is 16.5. The minimum absolute atomic E-state index is 0.106. The Hall–Kier alpha value is -1.65. The van der Waals surface area contributed by atoms with Crippen molar-refractivity contribution in [3.63, 3.8) is 0 Å². The van der Waals surface area contributed by atoms with Crippen LogP contribution in [0.3, 0.4) is 0 Å². The highest BCUT2D eigenvalue weighted by Crippen LogP contribution is 2.41. The maximum atomic E-state index is 12.1. The number of esters is 1. The molecule has 0 amide bonds. The van der Waals surface area contributed by atoms with E-state index in [2.05, 4.69) is 4.99 Å². The third-order valence-electron chi connectivity index (χ3n) is 3.27. The fraction of sp³-hybridized carbons (Fsp3) is 0.667. The van der Waals surface area contributed by atoms with E-state index in [-0.39, 0.29) is 29.1 Å². The maximum absolute atomic E-state index is 12.1. The molecule has 1 rings (SSSR count). The minimum atomic E-state index is -0.841. The first-order valence-electron chi connectivity index (χ1n) is 6.59. The Morgan fingerprint density at radius 2 is 2.00 bits per heavy atom. The van der Waals surface area contributed by atoms with Crippen LogP contribution in [0.5, 0.6) is 0 Å². The number of nitrogens with zero attached hydrogens (tertiary/aromatic N) is 1. The quantitative estimate of drug-likeness (QED) is 0.623. The molecule has 0 heterocycles. The van der Waals surface area contributed by atoms with E-state index < -0.39 is 17.3 Å². The van der Waals surface area contributed by atoms with Crippen LogP contribution in [0, 0.1) is 11.3 Å². The molecule has 1 aliphatic carbocycles. The molecule has 0 aromatic rings.